The fourth-order valence-corrected chi connectivity index (χ4v) is 2.37. The summed E-state index contributed by atoms with van der Waals surface area (Å²) in [4.78, 5) is 7.68. The molecule has 0 aliphatic rings. The molecule has 3 aromatic rings. The van der Waals surface area contributed by atoms with Crippen molar-refractivity contribution in [2.75, 3.05) is 5.32 Å². The van der Waals surface area contributed by atoms with Crippen molar-refractivity contribution in [3.63, 3.8) is 0 Å². The molecule has 2 unspecified atom stereocenters. The predicted octanol–water partition coefficient (Wildman–Crippen LogP) is 2.97. The van der Waals surface area contributed by atoms with Crippen LogP contribution in [0.3, 0.4) is 0 Å². The Labute approximate surface area is 123 Å². The largest absolute Gasteiger partial charge is 0.391 e. The lowest BCUT2D eigenvalue weighted by atomic mass is 10.0. The summed E-state index contributed by atoms with van der Waals surface area (Å²) in [6.07, 6.45) is 0.149. The number of aliphatic hydroxyl groups excluding tert-OH is 1. The van der Waals surface area contributed by atoms with Gasteiger partial charge in [0.2, 0.25) is 5.95 Å². The van der Waals surface area contributed by atoms with Gasteiger partial charge in [0.25, 0.3) is 0 Å². The lowest BCUT2D eigenvalue weighted by Crippen LogP contribution is -2.32. The molecule has 0 aliphatic carbocycles. The number of aromatic nitrogens is 2. The SMILES string of the molecule is CC(Nc1nc2ccccc2[nH]1)C(O)Cc1ccccc1. The Morgan fingerprint density at radius 1 is 1.10 bits per heavy atom. The lowest BCUT2D eigenvalue weighted by Gasteiger charge is -2.19. The summed E-state index contributed by atoms with van der Waals surface area (Å²) in [7, 11) is 0. The standard InChI is InChI=1S/C17H19N3O/c1-12(16(21)11-13-7-3-2-4-8-13)18-17-19-14-9-5-6-10-15(14)20-17/h2-10,12,16,21H,11H2,1H3,(H2,18,19,20). The zero-order valence-corrected chi connectivity index (χ0v) is 12.0. The fraction of sp³-hybridized carbons (Fsp3) is 0.235. The topological polar surface area (TPSA) is 60.9 Å². The highest BCUT2D eigenvalue weighted by molar-refractivity contribution is 5.77. The van der Waals surface area contributed by atoms with Crippen LogP contribution < -0.4 is 5.32 Å². The molecule has 1 aromatic heterocycles. The van der Waals surface area contributed by atoms with Gasteiger partial charge in [-0.15, -0.1) is 0 Å². The van der Waals surface area contributed by atoms with E-state index in [0.29, 0.717) is 12.4 Å². The number of hydrogen-bond acceptors (Lipinski definition) is 3. The first kappa shape index (κ1) is 13.6. The van der Waals surface area contributed by atoms with Gasteiger partial charge in [-0.25, -0.2) is 4.98 Å². The van der Waals surface area contributed by atoms with Gasteiger partial charge in [-0.05, 0) is 24.6 Å². The van der Waals surface area contributed by atoms with Gasteiger partial charge in [-0.1, -0.05) is 42.5 Å². The Kier molecular flexibility index (Phi) is 3.88. The van der Waals surface area contributed by atoms with Gasteiger partial charge in [-0.2, -0.15) is 0 Å². The zero-order chi connectivity index (χ0) is 14.7. The first-order valence-corrected chi connectivity index (χ1v) is 7.15. The highest BCUT2D eigenvalue weighted by atomic mass is 16.3. The Balaban J connectivity index is 1.66. The Morgan fingerprint density at radius 2 is 1.81 bits per heavy atom. The number of nitrogens with zero attached hydrogens (tertiary/aromatic N) is 1. The minimum Gasteiger partial charge on any atom is -0.391 e. The average molecular weight is 281 g/mol. The second kappa shape index (κ2) is 5.97. The quantitative estimate of drug-likeness (QED) is 0.674. The number of rotatable bonds is 5. The summed E-state index contributed by atoms with van der Waals surface area (Å²) in [5, 5.41) is 13.5. The molecule has 3 N–H and O–H groups in total. The maximum Gasteiger partial charge on any atom is 0.201 e. The number of H-pyrrole nitrogens is 1. The smallest absolute Gasteiger partial charge is 0.201 e. The monoisotopic (exact) mass is 281 g/mol. The van der Waals surface area contributed by atoms with E-state index in [9.17, 15) is 5.11 Å². The molecule has 0 fully saturated rings. The number of benzene rings is 2. The molecule has 4 heteroatoms. The summed E-state index contributed by atoms with van der Waals surface area (Å²) < 4.78 is 0. The van der Waals surface area contributed by atoms with E-state index >= 15 is 0 Å². The van der Waals surface area contributed by atoms with E-state index in [1.807, 2.05) is 61.5 Å². The van der Waals surface area contributed by atoms with Gasteiger partial charge >= 0.3 is 0 Å². The highest BCUT2D eigenvalue weighted by Gasteiger charge is 2.16. The van der Waals surface area contributed by atoms with Crippen LogP contribution in [0.2, 0.25) is 0 Å². The molecule has 1 heterocycles. The number of imidazole rings is 1. The van der Waals surface area contributed by atoms with Gasteiger partial charge in [0, 0.05) is 6.42 Å². The highest BCUT2D eigenvalue weighted by Crippen LogP contribution is 2.15. The van der Waals surface area contributed by atoms with Crippen molar-refractivity contribution in [2.45, 2.75) is 25.5 Å². The number of anilines is 1. The van der Waals surface area contributed by atoms with E-state index in [1.165, 1.54) is 0 Å². The van der Waals surface area contributed by atoms with Gasteiger partial charge in [0.15, 0.2) is 0 Å². The van der Waals surface area contributed by atoms with E-state index in [-0.39, 0.29) is 6.04 Å². The number of aliphatic hydroxyl groups is 1. The molecule has 0 amide bonds. The van der Waals surface area contributed by atoms with E-state index in [0.717, 1.165) is 16.6 Å². The van der Waals surface area contributed by atoms with Crippen LogP contribution in [0.1, 0.15) is 12.5 Å². The predicted molar refractivity (Wildman–Crippen MR) is 85.3 cm³/mol. The molecule has 108 valence electrons. The first-order chi connectivity index (χ1) is 10.2. The minimum atomic E-state index is -0.472. The van der Waals surface area contributed by atoms with Crippen LogP contribution in [0, 0.1) is 0 Å². The number of fused-ring (bicyclic) bond motifs is 1. The molecular formula is C17H19N3O. The molecule has 2 atom stereocenters. The maximum absolute atomic E-state index is 10.3. The molecule has 2 aromatic carbocycles. The fourth-order valence-electron chi connectivity index (χ4n) is 2.37. The summed E-state index contributed by atoms with van der Waals surface area (Å²) in [6.45, 7) is 1.96. The molecule has 0 saturated heterocycles. The van der Waals surface area contributed by atoms with Gasteiger partial charge in [-0.3, -0.25) is 0 Å². The van der Waals surface area contributed by atoms with Crippen LogP contribution in [-0.4, -0.2) is 27.2 Å². The number of hydrogen-bond donors (Lipinski definition) is 3. The van der Waals surface area contributed by atoms with Crippen LogP contribution in [-0.2, 0) is 6.42 Å². The summed E-state index contributed by atoms with van der Waals surface area (Å²) in [6, 6.07) is 17.8. The van der Waals surface area contributed by atoms with Crippen molar-refractivity contribution in [1.29, 1.82) is 0 Å². The number of para-hydroxylation sites is 2. The van der Waals surface area contributed by atoms with Crippen molar-refractivity contribution >= 4 is 17.0 Å². The van der Waals surface area contributed by atoms with Crippen molar-refractivity contribution in [1.82, 2.24) is 9.97 Å². The molecule has 0 radical (unpaired) electrons. The zero-order valence-electron chi connectivity index (χ0n) is 12.0. The minimum absolute atomic E-state index is 0.0919. The molecule has 0 aliphatic heterocycles. The van der Waals surface area contributed by atoms with Crippen molar-refractivity contribution in [2.24, 2.45) is 0 Å². The van der Waals surface area contributed by atoms with Crippen LogP contribution >= 0.6 is 0 Å². The second-order valence-electron chi connectivity index (χ2n) is 5.29. The molecule has 0 bridgehead atoms. The molecule has 0 spiro atoms. The Morgan fingerprint density at radius 3 is 2.57 bits per heavy atom. The maximum atomic E-state index is 10.3. The summed E-state index contributed by atoms with van der Waals surface area (Å²) in [5.74, 6) is 0.691. The molecule has 4 nitrogen and oxygen atoms in total. The van der Waals surface area contributed by atoms with Crippen LogP contribution in [0.25, 0.3) is 11.0 Å². The summed E-state index contributed by atoms with van der Waals surface area (Å²) in [5.41, 5.74) is 3.04. The van der Waals surface area contributed by atoms with E-state index in [2.05, 4.69) is 15.3 Å². The Hall–Kier alpha value is -2.33. The van der Waals surface area contributed by atoms with Crippen molar-refractivity contribution in [3.8, 4) is 0 Å². The third-order valence-corrected chi connectivity index (χ3v) is 3.62. The normalized spacial score (nSPS) is 14.0. The van der Waals surface area contributed by atoms with Gasteiger partial charge in [0.1, 0.15) is 0 Å². The third-order valence-electron chi connectivity index (χ3n) is 3.62. The second-order valence-corrected chi connectivity index (χ2v) is 5.29. The van der Waals surface area contributed by atoms with Crippen molar-refractivity contribution in [3.05, 3.63) is 60.2 Å². The average Bonchev–Trinajstić information content (AvgIpc) is 2.90. The molecule has 0 saturated carbocycles. The van der Waals surface area contributed by atoms with Crippen LogP contribution in [0.15, 0.2) is 54.6 Å². The van der Waals surface area contributed by atoms with E-state index in [1.54, 1.807) is 0 Å². The molecule has 3 rings (SSSR count). The third kappa shape index (κ3) is 3.23. The van der Waals surface area contributed by atoms with Gasteiger partial charge in [0.05, 0.1) is 23.2 Å². The van der Waals surface area contributed by atoms with Crippen LogP contribution in [0.5, 0.6) is 0 Å². The van der Waals surface area contributed by atoms with E-state index in [4.69, 9.17) is 0 Å². The summed E-state index contributed by atoms with van der Waals surface area (Å²) >= 11 is 0. The van der Waals surface area contributed by atoms with Crippen molar-refractivity contribution < 1.29 is 5.11 Å². The molecular weight excluding hydrogens is 262 g/mol. The number of nitrogens with one attached hydrogen (secondary N) is 2. The molecule has 21 heavy (non-hydrogen) atoms. The Bertz CT molecular complexity index is 675. The van der Waals surface area contributed by atoms with E-state index < -0.39 is 6.10 Å². The number of aromatic amines is 1. The van der Waals surface area contributed by atoms with Gasteiger partial charge < -0.3 is 15.4 Å². The lowest BCUT2D eigenvalue weighted by molar-refractivity contribution is 0.158. The van der Waals surface area contributed by atoms with Crippen LogP contribution in [0.4, 0.5) is 5.95 Å². The first-order valence-electron chi connectivity index (χ1n) is 7.15.